The van der Waals surface area contributed by atoms with Gasteiger partial charge in [-0.3, -0.25) is 9.69 Å². The first-order chi connectivity index (χ1) is 8.92. The van der Waals surface area contributed by atoms with Crippen molar-refractivity contribution in [2.45, 2.75) is 52.6 Å². The van der Waals surface area contributed by atoms with Gasteiger partial charge in [0.25, 0.3) is 0 Å². The number of amides is 1. The number of rotatable bonds is 4. The largest absolute Gasteiger partial charge is 0.342 e. The number of carbonyl (C=O) groups is 1. The van der Waals surface area contributed by atoms with Gasteiger partial charge in [-0.2, -0.15) is 0 Å². The second kappa shape index (κ2) is 5.80. The van der Waals surface area contributed by atoms with Crippen LogP contribution in [0.5, 0.6) is 0 Å². The summed E-state index contributed by atoms with van der Waals surface area (Å²) in [5, 5.41) is 3.21. The number of likely N-dealkylation sites (tertiary alicyclic amines) is 2. The summed E-state index contributed by atoms with van der Waals surface area (Å²) < 4.78 is 0. The third kappa shape index (κ3) is 3.48. The number of hydrogen-bond donors (Lipinski definition) is 1. The summed E-state index contributed by atoms with van der Waals surface area (Å²) in [5.74, 6) is 0.267. The fourth-order valence-corrected chi connectivity index (χ4v) is 3.13. The van der Waals surface area contributed by atoms with Gasteiger partial charge >= 0.3 is 0 Å². The van der Waals surface area contributed by atoms with Crippen molar-refractivity contribution in [2.24, 2.45) is 5.41 Å². The fourth-order valence-electron chi connectivity index (χ4n) is 3.13. The molecule has 1 N–H and O–H groups in total. The summed E-state index contributed by atoms with van der Waals surface area (Å²) in [6, 6.07) is 1.05. The van der Waals surface area contributed by atoms with Gasteiger partial charge in [0.15, 0.2) is 0 Å². The molecule has 2 fully saturated rings. The Hall–Kier alpha value is -0.610. The summed E-state index contributed by atoms with van der Waals surface area (Å²) in [4.78, 5) is 16.6. The third-order valence-corrected chi connectivity index (χ3v) is 4.65. The maximum atomic E-state index is 12.0. The molecule has 2 saturated heterocycles. The van der Waals surface area contributed by atoms with Gasteiger partial charge in [0.2, 0.25) is 5.91 Å². The van der Waals surface area contributed by atoms with Crippen LogP contribution >= 0.6 is 0 Å². The lowest BCUT2D eigenvalue weighted by Gasteiger charge is -2.55. The van der Waals surface area contributed by atoms with Crippen molar-refractivity contribution >= 4 is 5.91 Å². The molecule has 0 radical (unpaired) electrons. The highest BCUT2D eigenvalue weighted by Crippen LogP contribution is 2.41. The lowest BCUT2D eigenvalue weighted by atomic mass is 9.71. The Bertz CT molecular complexity index is 311. The highest BCUT2D eigenvalue weighted by Gasteiger charge is 2.45. The number of carbonyl (C=O) groups excluding carboxylic acids is 1. The molecular weight excluding hydrogens is 238 g/mol. The Kier molecular flexibility index (Phi) is 4.51. The van der Waals surface area contributed by atoms with Crippen LogP contribution in [0, 0.1) is 5.41 Å². The molecule has 0 aliphatic carbocycles. The van der Waals surface area contributed by atoms with Gasteiger partial charge in [0.1, 0.15) is 0 Å². The van der Waals surface area contributed by atoms with Gasteiger partial charge < -0.3 is 10.2 Å². The van der Waals surface area contributed by atoms with Gasteiger partial charge in [-0.1, -0.05) is 13.8 Å². The van der Waals surface area contributed by atoms with E-state index < -0.39 is 0 Å². The second-order valence-corrected chi connectivity index (χ2v) is 6.92. The minimum Gasteiger partial charge on any atom is -0.342 e. The molecule has 0 aromatic rings. The van der Waals surface area contributed by atoms with E-state index >= 15 is 0 Å². The van der Waals surface area contributed by atoms with E-state index in [-0.39, 0.29) is 5.91 Å². The van der Waals surface area contributed by atoms with E-state index in [0.717, 1.165) is 13.1 Å². The van der Waals surface area contributed by atoms with E-state index in [0.29, 0.717) is 24.0 Å². The Labute approximate surface area is 117 Å². The first-order valence-electron chi connectivity index (χ1n) is 7.67. The van der Waals surface area contributed by atoms with Crippen molar-refractivity contribution in [2.75, 3.05) is 32.7 Å². The van der Waals surface area contributed by atoms with E-state index in [9.17, 15) is 4.79 Å². The number of hydrogen-bond acceptors (Lipinski definition) is 3. The van der Waals surface area contributed by atoms with E-state index in [2.05, 4.69) is 37.9 Å². The van der Waals surface area contributed by atoms with Gasteiger partial charge in [-0.15, -0.1) is 0 Å². The van der Waals surface area contributed by atoms with Crippen molar-refractivity contribution in [1.29, 1.82) is 0 Å². The average molecular weight is 267 g/mol. The predicted molar refractivity (Wildman–Crippen MR) is 78.1 cm³/mol. The third-order valence-electron chi connectivity index (χ3n) is 4.65. The van der Waals surface area contributed by atoms with E-state index in [4.69, 9.17) is 0 Å². The minimum absolute atomic E-state index is 0.267. The SMILES string of the molecule is CC(C)NCC(=O)N1CCC2(CC1)CN(C(C)C)C2. The Morgan fingerprint density at radius 3 is 2.21 bits per heavy atom. The van der Waals surface area contributed by atoms with Crippen LogP contribution in [0.3, 0.4) is 0 Å². The standard InChI is InChI=1S/C15H29N3O/c1-12(2)16-9-14(19)17-7-5-15(6-8-17)10-18(11-15)13(3)4/h12-13,16H,5-11H2,1-4H3. The van der Waals surface area contributed by atoms with Gasteiger partial charge in [-0.25, -0.2) is 0 Å². The van der Waals surface area contributed by atoms with E-state index in [1.54, 1.807) is 0 Å². The number of nitrogens with zero attached hydrogens (tertiary/aromatic N) is 2. The molecule has 0 aromatic heterocycles. The molecule has 19 heavy (non-hydrogen) atoms. The average Bonchev–Trinajstić information content (AvgIpc) is 2.33. The van der Waals surface area contributed by atoms with Crippen LogP contribution in [0.25, 0.3) is 0 Å². The topological polar surface area (TPSA) is 35.6 Å². The highest BCUT2D eigenvalue weighted by molar-refractivity contribution is 5.78. The first-order valence-corrected chi connectivity index (χ1v) is 7.67. The van der Waals surface area contributed by atoms with Crippen molar-refractivity contribution in [1.82, 2.24) is 15.1 Å². The molecular formula is C15H29N3O. The van der Waals surface area contributed by atoms with Crippen LogP contribution in [-0.4, -0.2) is 60.5 Å². The molecule has 1 amide bonds. The summed E-state index contributed by atoms with van der Waals surface area (Å²) in [7, 11) is 0. The molecule has 0 atom stereocenters. The van der Waals surface area contributed by atoms with Crippen LogP contribution in [-0.2, 0) is 4.79 Å². The van der Waals surface area contributed by atoms with Crippen LogP contribution in [0.15, 0.2) is 0 Å². The van der Waals surface area contributed by atoms with Crippen LogP contribution < -0.4 is 5.32 Å². The summed E-state index contributed by atoms with van der Waals surface area (Å²) in [5.41, 5.74) is 0.520. The molecule has 1 spiro atoms. The zero-order valence-electron chi connectivity index (χ0n) is 12.9. The quantitative estimate of drug-likeness (QED) is 0.834. The molecule has 2 rings (SSSR count). The van der Waals surface area contributed by atoms with Gasteiger partial charge in [-0.05, 0) is 32.1 Å². The highest BCUT2D eigenvalue weighted by atomic mass is 16.2. The first kappa shape index (κ1) is 14.8. The Morgan fingerprint density at radius 2 is 1.74 bits per heavy atom. The molecule has 110 valence electrons. The molecule has 4 heteroatoms. The summed E-state index contributed by atoms with van der Waals surface area (Å²) in [6.45, 7) is 13.5. The molecule has 2 aliphatic heterocycles. The maximum absolute atomic E-state index is 12.0. The van der Waals surface area contributed by atoms with Crippen molar-refractivity contribution in [3.8, 4) is 0 Å². The molecule has 4 nitrogen and oxygen atoms in total. The predicted octanol–water partition coefficient (Wildman–Crippen LogP) is 1.32. The van der Waals surface area contributed by atoms with Gasteiger partial charge in [0, 0.05) is 38.3 Å². The lowest BCUT2D eigenvalue weighted by molar-refractivity contribution is -0.136. The maximum Gasteiger partial charge on any atom is 0.236 e. The van der Waals surface area contributed by atoms with E-state index in [1.807, 2.05) is 4.90 Å². The van der Waals surface area contributed by atoms with Crippen LogP contribution in [0.1, 0.15) is 40.5 Å². The normalized spacial score (nSPS) is 23.2. The summed E-state index contributed by atoms with van der Waals surface area (Å²) in [6.07, 6.45) is 2.37. The molecule has 0 bridgehead atoms. The number of nitrogens with one attached hydrogen (secondary N) is 1. The van der Waals surface area contributed by atoms with Crippen LogP contribution in [0.2, 0.25) is 0 Å². The van der Waals surface area contributed by atoms with Gasteiger partial charge in [0.05, 0.1) is 6.54 Å². The van der Waals surface area contributed by atoms with Crippen molar-refractivity contribution in [3.63, 3.8) is 0 Å². The monoisotopic (exact) mass is 267 g/mol. The molecule has 0 unspecified atom stereocenters. The van der Waals surface area contributed by atoms with Crippen LogP contribution in [0.4, 0.5) is 0 Å². The Balaban J connectivity index is 1.73. The minimum atomic E-state index is 0.267. The Morgan fingerprint density at radius 1 is 1.16 bits per heavy atom. The smallest absolute Gasteiger partial charge is 0.236 e. The zero-order valence-corrected chi connectivity index (χ0v) is 12.9. The van der Waals surface area contributed by atoms with E-state index in [1.165, 1.54) is 25.9 Å². The zero-order chi connectivity index (χ0) is 14.0. The summed E-state index contributed by atoms with van der Waals surface area (Å²) >= 11 is 0. The molecule has 0 saturated carbocycles. The van der Waals surface area contributed by atoms with Crippen molar-refractivity contribution in [3.05, 3.63) is 0 Å². The molecule has 2 aliphatic rings. The number of piperidine rings is 1. The molecule has 0 aromatic carbocycles. The molecule has 2 heterocycles. The fraction of sp³-hybridized carbons (Fsp3) is 0.933. The van der Waals surface area contributed by atoms with Crippen molar-refractivity contribution < 1.29 is 4.79 Å². The second-order valence-electron chi connectivity index (χ2n) is 6.92. The lowest BCUT2D eigenvalue weighted by Crippen LogP contribution is -2.62.